The molecule has 0 saturated carbocycles. The minimum atomic E-state index is -0.347. The van der Waals surface area contributed by atoms with Crippen molar-refractivity contribution in [2.45, 2.75) is 56.9 Å². The van der Waals surface area contributed by atoms with Gasteiger partial charge < -0.3 is 10.2 Å². The third kappa shape index (κ3) is 3.25. The lowest BCUT2D eigenvalue weighted by molar-refractivity contribution is -0.135. The maximum atomic E-state index is 12.6. The minimum absolute atomic E-state index is 0.0715. The summed E-state index contributed by atoms with van der Waals surface area (Å²) in [5.74, 6) is 0.716. The lowest BCUT2D eigenvalue weighted by Gasteiger charge is -2.29. The molecule has 2 aliphatic heterocycles. The molecule has 1 aromatic rings. The van der Waals surface area contributed by atoms with Crippen LogP contribution in [0.5, 0.6) is 0 Å². The van der Waals surface area contributed by atoms with Gasteiger partial charge in [-0.3, -0.25) is 9.59 Å². The first-order chi connectivity index (χ1) is 11.0. The van der Waals surface area contributed by atoms with Crippen LogP contribution in [0.15, 0.2) is 24.3 Å². The van der Waals surface area contributed by atoms with E-state index in [9.17, 15) is 9.59 Å². The molecule has 3 rings (SSSR count). The van der Waals surface area contributed by atoms with Gasteiger partial charge in [0.1, 0.15) is 6.04 Å². The van der Waals surface area contributed by atoms with Crippen molar-refractivity contribution in [1.82, 2.24) is 4.90 Å². The Kier molecular flexibility index (Phi) is 4.67. The summed E-state index contributed by atoms with van der Waals surface area (Å²) in [6, 6.07) is 7.70. The number of rotatable bonds is 5. The average Bonchev–Trinajstić information content (AvgIpc) is 3.03. The van der Waals surface area contributed by atoms with Crippen molar-refractivity contribution in [3.05, 3.63) is 29.8 Å². The first-order valence-electron chi connectivity index (χ1n) is 8.39. The van der Waals surface area contributed by atoms with Gasteiger partial charge in [-0.1, -0.05) is 25.5 Å². The molecule has 0 bridgehead atoms. The SMILES string of the molecule is CCCCc1ccc(NC(=O)[C@H]2CS[C@@]3(C)CCC(=O)N23)cc1. The molecule has 2 fully saturated rings. The van der Waals surface area contributed by atoms with Crippen molar-refractivity contribution < 1.29 is 9.59 Å². The maximum absolute atomic E-state index is 12.6. The van der Waals surface area contributed by atoms with Gasteiger partial charge in [0, 0.05) is 17.9 Å². The zero-order valence-electron chi connectivity index (χ0n) is 13.8. The molecule has 2 atom stereocenters. The number of hydrogen-bond donors (Lipinski definition) is 1. The lowest BCUT2D eigenvalue weighted by Crippen LogP contribution is -2.48. The summed E-state index contributed by atoms with van der Waals surface area (Å²) in [6.07, 6.45) is 4.83. The van der Waals surface area contributed by atoms with Crippen LogP contribution >= 0.6 is 11.8 Å². The smallest absolute Gasteiger partial charge is 0.248 e. The molecule has 0 radical (unpaired) electrons. The summed E-state index contributed by atoms with van der Waals surface area (Å²) in [5.41, 5.74) is 2.10. The van der Waals surface area contributed by atoms with Crippen LogP contribution in [0, 0.1) is 0 Å². The molecule has 5 heteroatoms. The molecule has 1 N–H and O–H groups in total. The summed E-state index contributed by atoms with van der Waals surface area (Å²) in [4.78, 5) is 26.3. The number of carbonyl (C=O) groups is 2. The number of hydrogen-bond acceptors (Lipinski definition) is 3. The number of anilines is 1. The largest absolute Gasteiger partial charge is 0.324 e. The minimum Gasteiger partial charge on any atom is -0.324 e. The topological polar surface area (TPSA) is 49.4 Å². The van der Waals surface area contributed by atoms with Crippen LogP contribution in [0.2, 0.25) is 0 Å². The van der Waals surface area contributed by atoms with E-state index in [-0.39, 0.29) is 22.7 Å². The molecule has 2 saturated heterocycles. The Morgan fingerprint density at radius 3 is 2.83 bits per heavy atom. The Balaban J connectivity index is 1.64. The summed E-state index contributed by atoms with van der Waals surface area (Å²) in [6.45, 7) is 4.25. The highest BCUT2D eigenvalue weighted by molar-refractivity contribution is 8.01. The standard InChI is InChI=1S/C18H24N2O2S/c1-3-4-5-13-6-8-14(9-7-13)19-17(22)15-12-23-18(2)11-10-16(21)20(15)18/h6-9,15H,3-5,10-12H2,1-2H3,(H,19,22)/t15-,18+/m1/s1. The Bertz CT molecular complexity index is 602. The van der Waals surface area contributed by atoms with E-state index < -0.39 is 0 Å². The number of amides is 2. The predicted molar refractivity (Wildman–Crippen MR) is 94.4 cm³/mol. The normalized spacial score (nSPS) is 26.4. The van der Waals surface area contributed by atoms with Crippen molar-refractivity contribution >= 4 is 29.3 Å². The second-order valence-electron chi connectivity index (χ2n) is 6.56. The van der Waals surface area contributed by atoms with Gasteiger partial charge >= 0.3 is 0 Å². The average molecular weight is 332 g/mol. The summed E-state index contributed by atoms with van der Waals surface area (Å²) in [7, 11) is 0. The van der Waals surface area contributed by atoms with Gasteiger partial charge in [0.05, 0.1) is 4.87 Å². The van der Waals surface area contributed by atoms with Gasteiger partial charge in [-0.2, -0.15) is 0 Å². The fraction of sp³-hybridized carbons (Fsp3) is 0.556. The number of nitrogens with zero attached hydrogens (tertiary/aromatic N) is 1. The first kappa shape index (κ1) is 16.4. The zero-order valence-corrected chi connectivity index (χ0v) is 14.6. The van der Waals surface area contributed by atoms with E-state index in [2.05, 4.69) is 31.3 Å². The van der Waals surface area contributed by atoms with Crippen LogP contribution in [0.25, 0.3) is 0 Å². The number of benzene rings is 1. The number of thioether (sulfide) groups is 1. The summed E-state index contributed by atoms with van der Waals surface area (Å²) < 4.78 is 0. The second-order valence-corrected chi connectivity index (χ2v) is 8.06. The van der Waals surface area contributed by atoms with Crippen molar-refractivity contribution in [3.63, 3.8) is 0 Å². The van der Waals surface area contributed by atoms with E-state index >= 15 is 0 Å². The number of aryl methyl sites for hydroxylation is 1. The molecule has 0 unspecified atom stereocenters. The second kappa shape index (κ2) is 6.56. The van der Waals surface area contributed by atoms with E-state index in [1.54, 1.807) is 16.7 Å². The van der Waals surface area contributed by atoms with Gasteiger partial charge in [-0.05, 0) is 43.9 Å². The molecule has 0 aliphatic carbocycles. The van der Waals surface area contributed by atoms with Crippen LogP contribution in [0.1, 0.15) is 45.1 Å². The van der Waals surface area contributed by atoms with Gasteiger partial charge in [0.2, 0.25) is 11.8 Å². The monoisotopic (exact) mass is 332 g/mol. The molecule has 0 spiro atoms. The fourth-order valence-corrected chi connectivity index (χ4v) is 4.81. The molecular weight excluding hydrogens is 308 g/mol. The third-order valence-electron chi connectivity index (χ3n) is 4.79. The number of fused-ring (bicyclic) bond motifs is 1. The Labute approximate surface area is 142 Å². The molecule has 1 aromatic carbocycles. The van der Waals surface area contributed by atoms with E-state index in [0.29, 0.717) is 12.2 Å². The summed E-state index contributed by atoms with van der Waals surface area (Å²) in [5, 5.41) is 2.97. The molecular formula is C18H24N2O2S. The molecule has 0 aromatic heterocycles. The van der Waals surface area contributed by atoms with E-state index in [0.717, 1.165) is 18.5 Å². The summed E-state index contributed by atoms with van der Waals surface area (Å²) >= 11 is 1.72. The quantitative estimate of drug-likeness (QED) is 0.899. The molecule has 4 nitrogen and oxygen atoms in total. The lowest BCUT2D eigenvalue weighted by atomic mass is 10.1. The zero-order chi connectivity index (χ0) is 16.4. The van der Waals surface area contributed by atoms with Crippen molar-refractivity contribution in [2.75, 3.05) is 11.1 Å². The van der Waals surface area contributed by atoms with Crippen molar-refractivity contribution in [3.8, 4) is 0 Å². The van der Waals surface area contributed by atoms with E-state index in [1.165, 1.54) is 18.4 Å². The number of unbranched alkanes of at least 4 members (excludes halogenated alkanes) is 1. The van der Waals surface area contributed by atoms with Crippen LogP contribution in [0.4, 0.5) is 5.69 Å². The van der Waals surface area contributed by atoms with Crippen molar-refractivity contribution in [2.24, 2.45) is 0 Å². The van der Waals surface area contributed by atoms with E-state index in [4.69, 9.17) is 0 Å². The number of carbonyl (C=O) groups excluding carboxylic acids is 2. The van der Waals surface area contributed by atoms with Gasteiger partial charge in [0.25, 0.3) is 0 Å². The number of nitrogens with one attached hydrogen (secondary N) is 1. The van der Waals surface area contributed by atoms with Crippen LogP contribution < -0.4 is 5.32 Å². The van der Waals surface area contributed by atoms with Gasteiger partial charge in [-0.25, -0.2) is 0 Å². The third-order valence-corrected chi connectivity index (χ3v) is 6.29. The molecule has 124 valence electrons. The van der Waals surface area contributed by atoms with E-state index in [1.807, 2.05) is 12.1 Å². The highest BCUT2D eigenvalue weighted by Crippen LogP contribution is 2.47. The van der Waals surface area contributed by atoms with Crippen LogP contribution in [0.3, 0.4) is 0 Å². The van der Waals surface area contributed by atoms with Crippen molar-refractivity contribution in [1.29, 1.82) is 0 Å². The Morgan fingerprint density at radius 1 is 1.39 bits per heavy atom. The van der Waals surface area contributed by atoms with Crippen LogP contribution in [-0.4, -0.2) is 33.4 Å². The first-order valence-corrected chi connectivity index (χ1v) is 9.38. The Hall–Kier alpha value is -1.49. The fourth-order valence-electron chi connectivity index (χ4n) is 3.38. The highest BCUT2D eigenvalue weighted by atomic mass is 32.2. The maximum Gasteiger partial charge on any atom is 0.248 e. The predicted octanol–water partition coefficient (Wildman–Crippen LogP) is 3.42. The van der Waals surface area contributed by atoms with Gasteiger partial charge in [-0.15, -0.1) is 11.8 Å². The van der Waals surface area contributed by atoms with Crippen LogP contribution in [-0.2, 0) is 16.0 Å². The molecule has 2 heterocycles. The highest BCUT2D eigenvalue weighted by Gasteiger charge is 2.52. The van der Waals surface area contributed by atoms with Gasteiger partial charge in [0.15, 0.2) is 0 Å². The molecule has 2 amide bonds. The molecule has 2 aliphatic rings. The Morgan fingerprint density at radius 2 is 2.13 bits per heavy atom. The molecule has 23 heavy (non-hydrogen) atoms.